The van der Waals surface area contributed by atoms with Crippen molar-refractivity contribution in [2.24, 2.45) is 0 Å². The van der Waals surface area contributed by atoms with Crippen LogP contribution < -0.4 is 0 Å². The maximum absolute atomic E-state index is 8.83. The van der Waals surface area contributed by atoms with E-state index >= 15 is 0 Å². The molecular formula is C12H9ClN2. The predicted molar refractivity (Wildman–Crippen MR) is 60.9 cm³/mol. The zero-order valence-corrected chi connectivity index (χ0v) is 9.26. The first-order chi connectivity index (χ1) is 7.13. The van der Waals surface area contributed by atoms with Crippen LogP contribution >= 0.6 is 11.6 Å². The average molecular weight is 217 g/mol. The lowest BCUT2D eigenvalue weighted by atomic mass is 10.1. The van der Waals surface area contributed by atoms with Crippen LogP contribution in [0.4, 0.5) is 0 Å². The van der Waals surface area contributed by atoms with Crippen LogP contribution in [-0.2, 0) is 0 Å². The van der Waals surface area contributed by atoms with Gasteiger partial charge in [-0.3, -0.25) is 4.98 Å². The Balaban J connectivity index is 2.89. The molecule has 0 aliphatic rings. The van der Waals surface area contributed by atoms with Crippen LogP contribution in [0.1, 0.15) is 16.7 Å². The summed E-state index contributed by atoms with van der Waals surface area (Å²) < 4.78 is 0. The first-order valence-corrected chi connectivity index (χ1v) is 4.97. The second-order valence-corrected chi connectivity index (χ2v) is 3.93. The number of fused-ring (bicyclic) bond motifs is 1. The fourth-order valence-corrected chi connectivity index (χ4v) is 1.74. The summed E-state index contributed by atoms with van der Waals surface area (Å²) in [6, 6.07) is 5.98. The minimum atomic E-state index is 0.424. The lowest BCUT2D eigenvalue weighted by Gasteiger charge is -2.05. The number of aromatic nitrogens is 1. The summed E-state index contributed by atoms with van der Waals surface area (Å²) in [5.41, 5.74) is 3.59. The maximum atomic E-state index is 8.83. The molecule has 2 aromatic rings. The highest BCUT2D eigenvalue weighted by Crippen LogP contribution is 2.27. The number of aryl methyl sites for hydroxylation is 2. The Morgan fingerprint density at radius 1 is 1.27 bits per heavy atom. The van der Waals surface area contributed by atoms with Gasteiger partial charge >= 0.3 is 0 Å². The van der Waals surface area contributed by atoms with Gasteiger partial charge in [-0.05, 0) is 37.1 Å². The molecular weight excluding hydrogens is 208 g/mol. The van der Waals surface area contributed by atoms with Gasteiger partial charge in [0.2, 0.25) is 0 Å². The summed E-state index contributed by atoms with van der Waals surface area (Å²) in [6.45, 7) is 4.05. The average Bonchev–Trinajstić information content (AvgIpc) is 2.22. The van der Waals surface area contributed by atoms with Crippen molar-refractivity contribution in [3.8, 4) is 6.07 Å². The summed E-state index contributed by atoms with van der Waals surface area (Å²) in [6.07, 6.45) is 1.51. The molecule has 0 fully saturated rings. The normalized spacial score (nSPS) is 10.3. The Morgan fingerprint density at radius 3 is 2.60 bits per heavy atom. The van der Waals surface area contributed by atoms with E-state index in [1.165, 1.54) is 11.8 Å². The van der Waals surface area contributed by atoms with Crippen molar-refractivity contribution >= 4 is 22.5 Å². The Kier molecular flexibility index (Phi) is 2.34. The number of benzene rings is 1. The molecule has 0 unspecified atom stereocenters. The SMILES string of the molecule is Cc1cc2ncc(C#N)c(Cl)c2cc1C. The van der Waals surface area contributed by atoms with Crippen LogP contribution in [0.25, 0.3) is 10.9 Å². The van der Waals surface area contributed by atoms with E-state index in [4.69, 9.17) is 16.9 Å². The third-order valence-electron chi connectivity index (χ3n) is 2.54. The number of hydrogen-bond acceptors (Lipinski definition) is 2. The van der Waals surface area contributed by atoms with E-state index in [1.807, 2.05) is 32.0 Å². The fourth-order valence-electron chi connectivity index (χ4n) is 1.50. The number of nitrogens with zero attached hydrogens (tertiary/aromatic N) is 2. The first kappa shape index (κ1) is 9.95. The van der Waals surface area contributed by atoms with Gasteiger partial charge in [-0.15, -0.1) is 0 Å². The van der Waals surface area contributed by atoms with Crippen molar-refractivity contribution in [3.63, 3.8) is 0 Å². The van der Waals surface area contributed by atoms with E-state index in [-0.39, 0.29) is 0 Å². The van der Waals surface area contributed by atoms with Crippen LogP contribution in [0, 0.1) is 25.2 Å². The number of rotatable bonds is 0. The van der Waals surface area contributed by atoms with E-state index in [1.54, 1.807) is 0 Å². The largest absolute Gasteiger partial charge is 0.255 e. The standard InChI is InChI=1S/C12H9ClN2/c1-7-3-10-11(4-8(7)2)15-6-9(5-14)12(10)13/h3-4,6H,1-2H3. The molecule has 0 saturated heterocycles. The third kappa shape index (κ3) is 1.55. The van der Waals surface area contributed by atoms with E-state index < -0.39 is 0 Å². The van der Waals surface area contributed by atoms with Gasteiger partial charge in [-0.2, -0.15) is 5.26 Å². The van der Waals surface area contributed by atoms with E-state index in [0.717, 1.165) is 16.5 Å². The highest BCUT2D eigenvalue weighted by atomic mass is 35.5. The highest BCUT2D eigenvalue weighted by molar-refractivity contribution is 6.36. The van der Waals surface area contributed by atoms with Crippen molar-refractivity contribution < 1.29 is 0 Å². The van der Waals surface area contributed by atoms with Crippen molar-refractivity contribution in [2.75, 3.05) is 0 Å². The van der Waals surface area contributed by atoms with Crippen molar-refractivity contribution in [3.05, 3.63) is 40.0 Å². The molecule has 2 rings (SSSR count). The van der Waals surface area contributed by atoms with Crippen LogP contribution in [0.15, 0.2) is 18.3 Å². The molecule has 0 N–H and O–H groups in total. The van der Waals surface area contributed by atoms with E-state index in [2.05, 4.69) is 4.98 Å². The van der Waals surface area contributed by atoms with Gasteiger partial charge < -0.3 is 0 Å². The maximum Gasteiger partial charge on any atom is 0.102 e. The van der Waals surface area contributed by atoms with Gasteiger partial charge in [0.1, 0.15) is 6.07 Å². The molecule has 3 heteroatoms. The lowest BCUT2D eigenvalue weighted by molar-refractivity contribution is 1.32. The molecule has 0 spiro atoms. The Hall–Kier alpha value is -1.59. The molecule has 0 amide bonds. The summed E-state index contributed by atoms with van der Waals surface area (Å²) in [7, 11) is 0. The van der Waals surface area contributed by atoms with Gasteiger partial charge in [0, 0.05) is 11.6 Å². The second-order valence-electron chi connectivity index (χ2n) is 3.55. The summed E-state index contributed by atoms with van der Waals surface area (Å²) in [5.74, 6) is 0. The van der Waals surface area contributed by atoms with E-state index in [9.17, 15) is 0 Å². The zero-order chi connectivity index (χ0) is 11.0. The molecule has 2 nitrogen and oxygen atoms in total. The fraction of sp³-hybridized carbons (Fsp3) is 0.167. The second kappa shape index (κ2) is 3.52. The smallest absolute Gasteiger partial charge is 0.102 e. The summed E-state index contributed by atoms with van der Waals surface area (Å²) in [4.78, 5) is 4.21. The zero-order valence-electron chi connectivity index (χ0n) is 8.50. The van der Waals surface area contributed by atoms with Crippen molar-refractivity contribution in [1.82, 2.24) is 4.98 Å². The minimum absolute atomic E-state index is 0.424. The molecule has 15 heavy (non-hydrogen) atoms. The molecule has 0 atom stereocenters. The molecule has 0 aliphatic carbocycles. The van der Waals surface area contributed by atoms with Crippen LogP contribution in [0.2, 0.25) is 5.02 Å². The molecule has 1 aromatic heterocycles. The molecule has 0 radical (unpaired) electrons. The van der Waals surface area contributed by atoms with Gasteiger partial charge in [-0.1, -0.05) is 11.6 Å². The topological polar surface area (TPSA) is 36.7 Å². The van der Waals surface area contributed by atoms with Crippen LogP contribution in [0.3, 0.4) is 0 Å². The molecule has 1 aromatic carbocycles. The summed E-state index contributed by atoms with van der Waals surface area (Å²) in [5, 5.41) is 10.2. The number of nitriles is 1. The minimum Gasteiger partial charge on any atom is -0.255 e. The first-order valence-electron chi connectivity index (χ1n) is 4.59. The Labute approximate surface area is 93.1 Å². The monoisotopic (exact) mass is 216 g/mol. The Bertz CT molecular complexity index is 582. The van der Waals surface area contributed by atoms with Gasteiger partial charge in [0.05, 0.1) is 16.1 Å². The molecule has 0 bridgehead atoms. The van der Waals surface area contributed by atoms with Gasteiger partial charge in [0.25, 0.3) is 0 Å². The van der Waals surface area contributed by atoms with Crippen LogP contribution in [0.5, 0.6) is 0 Å². The van der Waals surface area contributed by atoms with E-state index in [0.29, 0.717) is 10.6 Å². The Morgan fingerprint density at radius 2 is 1.93 bits per heavy atom. The lowest BCUT2D eigenvalue weighted by Crippen LogP contribution is -1.88. The summed E-state index contributed by atoms with van der Waals surface area (Å²) >= 11 is 6.10. The number of hydrogen-bond donors (Lipinski definition) is 0. The van der Waals surface area contributed by atoms with Crippen molar-refractivity contribution in [2.45, 2.75) is 13.8 Å². The highest BCUT2D eigenvalue weighted by Gasteiger charge is 2.07. The molecule has 1 heterocycles. The molecule has 0 aliphatic heterocycles. The van der Waals surface area contributed by atoms with Gasteiger partial charge in [0.15, 0.2) is 0 Å². The number of pyridine rings is 1. The molecule has 74 valence electrons. The van der Waals surface area contributed by atoms with Crippen molar-refractivity contribution in [1.29, 1.82) is 5.26 Å². The number of halogens is 1. The van der Waals surface area contributed by atoms with Crippen LogP contribution in [-0.4, -0.2) is 4.98 Å². The van der Waals surface area contributed by atoms with Gasteiger partial charge in [-0.25, -0.2) is 0 Å². The predicted octanol–water partition coefficient (Wildman–Crippen LogP) is 3.38. The quantitative estimate of drug-likeness (QED) is 0.677. The third-order valence-corrected chi connectivity index (χ3v) is 2.95. The molecule has 0 saturated carbocycles.